The first kappa shape index (κ1) is 17.9. The fraction of sp³-hybridized carbons (Fsp3) is 0.765. The van der Waals surface area contributed by atoms with Crippen LogP contribution < -0.4 is 10.2 Å². The van der Waals surface area contributed by atoms with Crippen LogP contribution in [0.2, 0.25) is 0 Å². The van der Waals surface area contributed by atoms with Crippen LogP contribution in [-0.2, 0) is 6.54 Å². The number of hydrogen-bond donors (Lipinski definition) is 1. The molecule has 21 heavy (non-hydrogen) atoms. The second kappa shape index (κ2) is 8.98. The van der Waals surface area contributed by atoms with Gasteiger partial charge in [0, 0.05) is 25.2 Å². The van der Waals surface area contributed by atoms with Crippen LogP contribution in [0.5, 0.6) is 0 Å². The standard InChI is InChI=1S/C17H32N4/c1-7-16(8-2)21(12-13(3)4)17-11-19-15(10-20-17)9-18-14(5)6/h10-11,13-14,16,18H,7-9,12H2,1-6H3. The van der Waals surface area contributed by atoms with Gasteiger partial charge in [0.1, 0.15) is 5.82 Å². The molecule has 1 N–H and O–H groups in total. The van der Waals surface area contributed by atoms with Crippen LogP contribution in [0, 0.1) is 5.92 Å². The molecular weight excluding hydrogens is 260 g/mol. The van der Waals surface area contributed by atoms with E-state index in [1.54, 1.807) is 0 Å². The predicted octanol–water partition coefficient (Wildman–Crippen LogP) is 3.63. The maximum absolute atomic E-state index is 4.65. The minimum atomic E-state index is 0.466. The SMILES string of the molecule is CCC(CC)N(CC(C)C)c1cnc(CNC(C)C)cn1. The summed E-state index contributed by atoms with van der Waals surface area (Å²) in [4.78, 5) is 11.6. The summed E-state index contributed by atoms with van der Waals surface area (Å²) in [7, 11) is 0. The van der Waals surface area contributed by atoms with Crippen molar-refractivity contribution in [3.05, 3.63) is 18.1 Å². The molecule has 0 saturated carbocycles. The number of nitrogens with one attached hydrogen (secondary N) is 1. The van der Waals surface area contributed by atoms with Gasteiger partial charge in [-0.1, -0.05) is 41.5 Å². The van der Waals surface area contributed by atoms with Gasteiger partial charge in [0.2, 0.25) is 0 Å². The third-order valence-electron chi connectivity index (χ3n) is 3.62. The Hall–Kier alpha value is -1.16. The van der Waals surface area contributed by atoms with Gasteiger partial charge in [-0.3, -0.25) is 4.98 Å². The lowest BCUT2D eigenvalue weighted by molar-refractivity contribution is 0.502. The van der Waals surface area contributed by atoms with Crippen molar-refractivity contribution in [2.75, 3.05) is 11.4 Å². The third kappa shape index (κ3) is 6.00. The van der Waals surface area contributed by atoms with Crippen LogP contribution in [0.4, 0.5) is 5.82 Å². The molecule has 0 radical (unpaired) electrons. The van der Waals surface area contributed by atoms with Gasteiger partial charge in [-0.2, -0.15) is 0 Å². The Balaban J connectivity index is 2.82. The summed E-state index contributed by atoms with van der Waals surface area (Å²) in [5.41, 5.74) is 1.00. The molecule has 0 spiro atoms. The summed E-state index contributed by atoms with van der Waals surface area (Å²) in [5.74, 6) is 1.63. The summed E-state index contributed by atoms with van der Waals surface area (Å²) in [6.07, 6.45) is 6.11. The summed E-state index contributed by atoms with van der Waals surface area (Å²) >= 11 is 0. The van der Waals surface area contributed by atoms with Crippen molar-refractivity contribution in [3.63, 3.8) is 0 Å². The molecule has 0 fully saturated rings. The maximum atomic E-state index is 4.65. The molecule has 0 unspecified atom stereocenters. The lowest BCUT2D eigenvalue weighted by Gasteiger charge is -2.32. The highest BCUT2D eigenvalue weighted by Crippen LogP contribution is 2.19. The van der Waals surface area contributed by atoms with Crippen LogP contribution in [0.3, 0.4) is 0 Å². The highest BCUT2D eigenvalue weighted by molar-refractivity contribution is 5.37. The zero-order valence-electron chi connectivity index (χ0n) is 14.6. The third-order valence-corrected chi connectivity index (χ3v) is 3.62. The molecule has 0 aliphatic carbocycles. The Labute approximate surface area is 130 Å². The summed E-state index contributed by atoms with van der Waals surface area (Å²) in [6, 6.07) is 1.01. The van der Waals surface area contributed by atoms with E-state index in [0.29, 0.717) is 18.0 Å². The van der Waals surface area contributed by atoms with Gasteiger partial charge >= 0.3 is 0 Å². The van der Waals surface area contributed by atoms with Gasteiger partial charge in [0.05, 0.1) is 18.1 Å². The quantitative estimate of drug-likeness (QED) is 0.754. The molecule has 4 nitrogen and oxygen atoms in total. The lowest BCUT2D eigenvalue weighted by atomic mass is 10.1. The van der Waals surface area contributed by atoms with Gasteiger partial charge in [-0.15, -0.1) is 0 Å². The molecule has 1 heterocycles. The van der Waals surface area contributed by atoms with Gasteiger partial charge in [-0.05, 0) is 18.8 Å². The molecule has 0 aliphatic heterocycles. The Bertz CT molecular complexity index is 382. The number of rotatable bonds is 9. The topological polar surface area (TPSA) is 41.1 Å². The lowest BCUT2D eigenvalue weighted by Crippen LogP contribution is -2.38. The van der Waals surface area contributed by atoms with E-state index in [1.807, 2.05) is 12.4 Å². The normalized spacial score (nSPS) is 11.7. The van der Waals surface area contributed by atoms with Crippen molar-refractivity contribution < 1.29 is 0 Å². The van der Waals surface area contributed by atoms with E-state index in [1.165, 1.54) is 0 Å². The molecular formula is C17H32N4. The average molecular weight is 292 g/mol. The molecule has 0 aromatic carbocycles. The van der Waals surface area contributed by atoms with Gasteiger partial charge in [-0.25, -0.2) is 4.98 Å². The molecule has 0 saturated heterocycles. The minimum Gasteiger partial charge on any atom is -0.352 e. The largest absolute Gasteiger partial charge is 0.352 e. The highest BCUT2D eigenvalue weighted by atomic mass is 15.2. The smallest absolute Gasteiger partial charge is 0.147 e. The van der Waals surface area contributed by atoms with Crippen LogP contribution in [0.15, 0.2) is 12.4 Å². The van der Waals surface area contributed by atoms with E-state index in [-0.39, 0.29) is 0 Å². The van der Waals surface area contributed by atoms with Crippen molar-refractivity contribution in [1.29, 1.82) is 0 Å². The van der Waals surface area contributed by atoms with Crippen molar-refractivity contribution in [3.8, 4) is 0 Å². The first-order valence-corrected chi connectivity index (χ1v) is 8.28. The first-order chi connectivity index (χ1) is 9.97. The molecule has 0 atom stereocenters. The second-order valence-electron chi connectivity index (χ2n) is 6.42. The minimum absolute atomic E-state index is 0.466. The number of nitrogens with zero attached hydrogens (tertiary/aromatic N) is 3. The van der Waals surface area contributed by atoms with Crippen LogP contribution in [0.25, 0.3) is 0 Å². The van der Waals surface area contributed by atoms with Crippen LogP contribution >= 0.6 is 0 Å². The molecule has 1 rings (SSSR count). The van der Waals surface area contributed by atoms with Crippen LogP contribution in [-0.4, -0.2) is 28.6 Å². The molecule has 0 bridgehead atoms. The van der Waals surface area contributed by atoms with Crippen molar-refractivity contribution in [2.45, 2.75) is 73.0 Å². The maximum Gasteiger partial charge on any atom is 0.147 e. The fourth-order valence-electron chi connectivity index (χ4n) is 2.45. The van der Waals surface area contributed by atoms with Crippen molar-refractivity contribution in [2.24, 2.45) is 5.92 Å². The number of aromatic nitrogens is 2. The molecule has 0 aliphatic rings. The summed E-state index contributed by atoms with van der Waals surface area (Å²) in [5, 5.41) is 3.37. The van der Waals surface area contributed by atoms with Crippen LogP contribution in [0.1, 0.15) is 60.1 Å². The van der Waals surface area contributed by atoms with E-state index in [9.17, 15) is 0 Å². The monoisotopic (exact) mass is 292 g/mol. The molecule has 120 valence electrons. The van der Waals surface area contributed by atoms with Crippen molar-refractivity contribution in [1.82, 2.24) is 15.3 Å². The molecule has 1 aromatic heterocycles. The summed E-state index contributed by atoms with van der Waals surface area (Å²) < 4.78 is 0. The molecule has 1 aromatic rings. The van der Waals surface area contributed by atoms with E-state index in [0.717, 1.165) is 37.4 Å². The Kier molecular flexibility index (Phi) is 7.65. The van der Waals surface area contributed by atoms with Gasteiger partial charge in [0.15, 0.2) is 0 Å². The van der Waals surface area contributed by atoms with Gasteiger partial charge < -0.3 is 10.2 Å². The van der Waals surface area contributed by atoms with E-state index < -0.39 is 0 Å². The first-order valence-electron chi connectivity index (χ1n) is 8.28. The average Bonchev–Trinajstić information content (AvgIpc) is 2.45. The van der Waals surface area contributed by atoms with E-state index >= 15 is 0 Å². The van der Waals surface area contributed by atoms with E-state index in [4.69, 9.17) is 0 Å². The second-order valence-corrected chi connectivity index (χ2v) is 6.42. The zero-order chi connectivity index (χ0) is 15.8. The Morgan fingerprint density at radius 1 is 1.05 bits per heavy atom. The molecule has 0 amide bonds. The van der Waals surface area contributed by atoms with Gasteiger partial charge in [0.25, 0.3) is 0 Å². The highest BCUT2D eigenvalue weighted by Gasteiger charge is 2.18. The van der Waals surface area contributed by atoms with E-state index in [2.05, 4.69) is 61.7 Å². The Morgan fingerprint density at radius 2 is 1.71 bits per heavy atom. The predicted molar refractivity (Wildman–Crippen MR) is 90.6 cm³/mol. The zero-order valence-corrected chi connectivity index (χ0v) is 14.6. The van der Waals surface area contributed by atoms with Crippen molar-refractivity contribution >= 4 is 5.82 Å². The fourth-order valence-corrected chi connectivity index (χ4v) is 2.45. The number of hydrogen-bond acceptors (Lipinski definition) is 4. The molecule has 4 heteroatoms. The number of anilines is 1. The Morgan fingerprint density at radius 3 is 2.14 bits per heavy atom. The summed E-state index contributed by atoms with van der Waals surface area (Å²) in [6.45, 7) is 15.1.